The first-order valence-corrected chi connectivity index (χ1v) is 6.05. The molecule has 0 saturated carbocycles. The van der Waals surface area contributed by atoms with Crippen LogP contribution in [0, 0.1) is 0 Å². The molecule has 18 heavy (non-hydrogen) atoms. The van der Waals surface area contributed by atoms with E-state index in [0.29, 0.717) is 13.2 Å². The van der Waals surface area contributed by atoms with Crippen LogP contribution in [0.15, 0.2) is 30.3 Å². The minimum atomic E-state index is -0.470. The third kappa shape index (κ3) is 1.76. The van der Waals surface area contributed by atoms with Crippen LogP contribution in [0.25, 0.3) is 0 Å². The summed E-state index contributed by atoms with van der Waals surface area (Å²) in [5.41, 5.74) is 0.874. The van der Waals surface area contributed by atoms with Crippen molar-refractivity contribution in [2.45, 2.75) is 18.6 Å². The summed E-state index contributed by atoms with van der Waals surface area (Å²) in [6, 6.07) is 9.08. The number of hydrogen-bond acceptors (Lipinski definition) is 3. The third-order valence-electron chi connectivity index (χ3n) is 3.36. The fourth-order valence-corrected chi connectivity index (χ4v) is 2.51. The molecule has 2 fully saturated rings. The molecule has 1 aromatic rings. The van der Waals surface area contributed by atoms with E-state index >= 15 is 0 Å². The molecular formula is C13H14N2O3. The van der Waals surface area contributed by atoms with Crippen LogP contribution in [-0.2, 0) is 9.53 Å². The van der Waals surface area contributed by atoms with E-state index in [9.17, 15) is 9.59 Å². The van der Waals surface area contributed by atoms with Gasteiger partial charge in [0.15, 0.2) is 0 Å². The predicted molar refractivity (Wildman–Crippen MR) is 63.8 cm³/mol. The number of rotatable bonds is 1. The molecule has 2 aliphatic rings. The van der Waals surface area contributed by atoms with Crippen molar-refractivity contribution in [3.8, 4) is 0 Å². The Hall–Kier alpha value is -1.88. The second-order valence-electron chi connectivity index (χ2n) is 4.49. The largest absolute Gasteiger partial charge is 0.357 e. The Morgan fingerprint density at radius 1 is 1.22 bits per heavy atom. The molecule has 1 N–H and O–H groups in total. The zero-order chi connectivity index (χ0) is 12.5. The maximum absolute atomic E-state index is 12.0. The molecule has 0 bridgehead atoms. The van der Waals surface area contributed by atoms with Crippen LogP contribution >= 0.6 is 0 Å². The highest BCUT2D eigenvalue weighted by atomic mass is 16.5. The first-order chi connectivity index (χ1) is 8.77. The second kappa shape index (κ2) is 4.42. The zero-order valence-electron chi connectivity index (χ0n) is 9.83. The number of nitrogens with one attached hydrogen (secondary N) is 1. The van der Waals surface area contributed by atoms with Gasteiger partial charge in [-0.3, -0.25) is 15.0 Å². The van der Waals surface area contributed by atoms with Crippen LogP contribution in [0.4, 0.5) is 4.79 Å². The predicted octanol–water partition coefficient (Wildman–Crippen LogP) is 1.07. The number of ether oxygens (including phenoxy) is 1. The Balaban J connectivity index is 1.96. The molecule has 5 heteroatoms. The number of benzene rings is 1. The lowest BCUT2D eigenvalue weighted by atomic mass is 9.93. The Bertz CT molecular complexity index is 474. The highest BCUT2D eigenvalue weighted by molar-refractivity contribution is 6.00. The number of nitrogens with zero attached hydrogens (tertiary/aromatic N) is 1. The molecule has 2 aliphatic heterocycles. The zero-order valence-corrected chi connectivity index (χ0v) is 9.83. The van der Waals surface area contributed by atoms with Gasteiger partial charge in [-0.15, -0.1) is 0 Å². The van der Waals surface area contributed by atoms with Crippen molar-refractivity contribution < 1.29 is 14.3 Å². The van der Waals surface area contributed by atoms with E-state index in [1.54, 1.807) is 4.90 Å². The van der Waals surface area contributed by atoms with Crippen molar-refractivity contribution in [2.75, 3.05) is 13.2 Å². The van der Waals surface area contributed by atoms with Gasteiger partial charge in [0.2, 0.25) is 5.91 Å². The van der Waals surface area contributed by atoms with Crippen LogP contribution in [0.5, 0.6) is 0 Å². The topological polar surface area (TPSA) is 58.6 Å². The van der Waals surface area contributed by atoms with Crippen LogP contribution in [0.1, 0.15) is 17.9 Å². The molecule has 2 heterocycles. The molecular weight excluding hydrogens is 232 g/mol. The van der Waals surface area contributed by atoms with Crippen LogP contribution < -0.4 is 5.32 Å². The van der Waals surface area contributed by atoms with Crippen LogP contribution in [-0.4, -0.2) is 36.2 Å². The van der Waals surface area contributed by atoms with Gasteiger partial charge in [-0.05, 0) is 12.0 Å². The van der Waals surface area contributed by atoms with E-state index in [0.717, 1.165) is 12.0 Å². The number of amides is 3. The fourth-order valence-electron chi connectivity index (χ4n) is 2.51. The molecule has 0 spiro atoms. The van der Waals surface area contributed by atoms with Crippen molar-refractivity contribution in [3.63, 3.8) is 0 Å². The molecule has 3 amide bonds. The van der Waals surface area contributed by atoms with E-state index in [-0.39, 0.29) is 11.9 Å². The maximum atomic E-state index is 12.0. The number of carbonyl (C=O) groups is 2. The van der Waals surface area contributed by atoms with Crippen LogP contribution in [0.3, 0.4) is 0 Å². The molecule has 3 rings (SSSR count). The summed E-state index contributed by atoms with van der Waals surface area (Å²) in [6.45, 7) is 1.22. The molecule has 5 nitrogen and oxygen atoms in total. The van der Waals surface area contributed by atoms with Gasteiger partial charge in [-0.25, -0.2) is 4.79 Å². The van der Waals surface area contributed by atoms with E-state index < -0.39 is 12.1 Å². The molecule has 94 valence electrons. The normalized spacial score (nSPS) is 27.7. The van der Waals surface area contributed by atoms with Crippen molar-refractivity contribution >= 4 is 11.9 Å². The lowest BCUT2D eigenvalue weighted by Gasteiger charge is -2.42. The second-order valence-corrected chi connectivity index (χ2v) is 4.49. The van der Waals surface area contributed by atoms with E-state index in [4.69, 9.17) is 4.74 Å². The van der Waals surface area contributed by atoms with Gasteiger partial charge >= 0.3 is 6.03 Å². The Morgan fingerprint density at radius 2 is 2.00 bits per heavy atom. The van der Waals surface area contributed by atoms with Gasteiger partial charge in [-0.2, -0.15) is 0 Å². The summed E-state index contributed by atoms with van der Waals surface area (Å²) in [5, 5.41) is 2.40. The average Bonchev–Trinajstić information content (AvgIpc) is 2.40. The molecule has 0 aromatic heterocycles. The van der Waals surface area contributed by atoms with Crippen molar-refractivity contribution in [3.05, 3.63) is 35.9 Å². The number of imide groups is 1. The van der Waals surface area contributed by atoms with Gasteiger partial charge in [0.05, 0.1) is 6.61 Å². The maximum Gasteiger partial charge on any atom is 0.326 e. The summed E-state index contributed by atoms with van der Waals surface area (Å²) in [5.74, 6) is -0.724. The fraction of sp³-hybridized carbons (Fsp3) is 0.385. The van der Waals surface area contributed by atoms with Crippen LogP contribution in [0.2, 0.25) is 0 Å². The summed E-state index contributed by atoms with van der Waals surface area (Å²) in [4.78, 5) is 25.4. The van der Waals surface area contributed by atoms with Gasteiger partial charge in [0.25, 0.3) is 0 Å². The third-order valence-corrected chi connectivity index (χ3v) is 3.36. The summed E-state index contributed by atoms with van der Waals surface area (Å²) in [7, 11) is 0. The Kier molecular flexibility index (Phi) is 2.76. The Morgan fingerprint density at radius 3 is 2.78 bits per heavy atom. The van der Waals surface area contributed by atoms with Crippen molar-refractivity contribution in [1.82, 2.24) is 10.2 Å². The van der Waals surface area contributed by atoms with E-state index in [2.05, 4.69) is 5.32 Å². The highest BCUT2D eigenvalue weighted by Gasteiger charge is 2.44. The van der Waals surface area contributed by atoms with E-state index in [1.807, 2.05) is 30.3 Å². The quantitative estimate of drug-likeness (QED) is 0.806. The number of urea groups is 1. The smallest absolute Gasteiger partial charge is 0.326 e. The van der Waals surface area contributed by atoms with Gasteiger partial charge in [0.1, 0.15) is 12.1 Å². The molecule has 0 unspecified atom stereocenters. The monoisotopic (exact) mass is 246 g/mol. The number of hydrogen-bond donors (Lipinski definition) is 1. The van der Waals surface area contributed by atoms with Gasteiger partial charge in [0, 0.05) is 6.54 Å². The number of fused-ring (bicyclic) bond motifs is 1. The van der Waals surface area contributed by atoms with Crippen molar-refractivity contribution in [1.29, 1.82) is 0 Å². The van der Waals surface area contributed by atoms with Crippen molar-refractivity contribution in [2.24, 2.45) is 0 Å². The minimum absolute atomic E-state index is 0.283. The standard InChI is InChI=1S/C13H14N2O3/c16-11-10(9-5-2-1-3-6-9)12-15(13(17)14-11)7-4-8-18-12/h1-3,5-6,10,12H,4,7-8H2,(H,14,16,17)/t10-,12-/m0/s1. The van der Waals surface area contributed by atoms with E-state index in [1.165, 1.54) is 0 Å². The average molecular weight is 246 g/mol. The molecule has 0 aliphatic carbocycles. The molecule has 2 saturated heterocycles. The highest BCUT2D eigenvalue weighted by Crippen LogP contribution is 2.30. The Labute approximate surface area is 105 Å². The lowest BCUT2D eigenvalue weighted by Crippen LogP contribution is -2.61. The number of carbonyl (C=O) groups excluding carboxylic acids is 2. The molecule has 2 atom stereocenters. The first-order valence-electron chi connectivity index (χ1n) is 6.05. The first kappa shape index (κ1) is 11.2. The summed E-state index contributed by atoms with van der Waals surface area (Å²) < 4.78 is 5.63. The minimum Gasteiger partial charge on any atom is -0.357 e. The summed E-state index contributed by atoms with van der Waals surface area (Å²) in [6.07, 6.45) is 0.335. The lowest BCUT2D eigenvalue weighted by molar-refractivity contribution is -0.141. The SMILES string of the molecule is O=C1NC(=O)N2CCCO[C@H]2[C@H]1c1ccccc1. The molecule has 1 aromatic carbocycles. The molecule has 0 radical (unpaired) electrons. The van der Waals surface area contributed by atoms with Gasteiger partial charge in [-0.1, -0.05) is 30.3 Å². The van der Waals surface area contributed by atoms with Gasteiger partial charge < -0.3 is 4.74 Å². The summed E-state index contributed by atoms with van der Waals surface area (Å²) >= 11 is 0.